The number of rotatable bonds is 3. The van der Waals surface area contributed by atoms with Crippen LogP contribution < -0.4 is 4.74 Å². The number of hydrogen-bond donors (Lipinski definition) is 1. The van der Waals surface area contributed by atoms with Gasteiger partial charge in [-0.25, -0.2) is 21.6 Å². The summed E-state index contributed by atoms with van der Waals surface area (Å²) in [6.07, 6.45) is -3.94. The molecule has 1 saturated carbocycles. The van der Waals surface area contributed by atoms with Gasteiger partial charge in [-0.3, -0.25) is 0 Å². The first-order valence-electron chi connectivity index (χ1n) is 6.81. The number of hydrogen-bond acceptors (Lipinski definition) is 4. The summed E-state index contributed by atoms with van der Waals surface area (Å²) in [6.45, 7) is 0. The molecule has 2 aliphatic rings. The molecule has 1 aromatic rings. The summed E-state index contributed by atoms with van der Waals surface area (Å²) in [6, 6.07) is 2.57. The molecular formula is C14H15F3O4S. The Labute approximate surface area is 125 Å². The first-order chi connectivity index (χ1) is 10.1. The molecule has 3 rings (SSSR count). The quantitative estimate of drug-likeness (QED) is 0.919. The molecule has 2 aliphatic carbocycles. The fourth-order valence-electron chi connectivity index (χ4n) is 2.95. The van der Waals surface area contributed by atoms with Crippen LogP contribution in [0.1, 0.15) is 30.1 Å². The third kappa shape index (κ3) is 2.58. The van der Waals surface area contributed by atoms with E-state index < -0.39 is 47.0 Å². The van der Waals surface area contributed by atoms with Gasteiger partial charge in [0.15, 0.2) is 9.84 Å². The smallest absolute Gasteiger partial charge is 0.255 e. The highest BCUT2D eigenvalue weighted by atomic mass is 32.2. The van der Waals surface area contributed by atoms with Gasteiger partial charge < -0.3 is 9.84 Å². The molecule has 4 nitrogen and oxygen atoms in total. The second-order valence-electron chi connectivity index (χ2n) is 5.90. The van der Waals surface area contributed by atoms with Gasteiger partial charge in [0, 0.05) is 36.6 Å². The van der Waals surface area contributed by atoms with E-state index in [0.29, 0.717) is 0 Å². The minimum Gasteiger partial charge on any atom is -0.490 e. The zero-order valence-electron chi connectivity index (χ0n) is 11.7. The van der Waals surface area contributed by atoms with E-state index in [1.165, 1.54) is 12.1 Å². The SMILES string of the molecule is CS(=O)(=O)c1ccc(OC2CC(F)(F)C2)c2c1[C@H](O)[C@H](F)C2. The lowest BCUT2D eigenvalue weighted by Crippen LogP contribution is -2.43. The second kappa shape index (κ2) is 4.86. The van der Waals surface area contributed by atoms with Crippen LogP contribution in [0, 0.1) is 0 Å². The number of ether oxygens (including phenoxy) is 1. The number of aliphatic hydroxyl groups is 1. The second-order valence-corrected chi connectivity index (χ2v) is 7.88. The van der Waals surface area contributed by atoms with E-state index in [1.807, 2.05) is 0 Å². The molecule has 0 aliphatic heterocycles. The molecular weight excluding hydrogens is 321 g/mol. The topological polar surface area (TPSA) is 63.6 Å². The predicted molar refractivity (Wildman–Crippen MR) is 71.7 cm³/mol. The van der Waals surface area contributed by atoms with Gasteiger partial charge in [-0.05, 0) is 12.1 Å². The molecule has 8 heteroatoms. The van der Waals surface area contributed by atoms with Crippen molar-refractivity contribution in [2.24, 2.45) is 0 Å². The Bertz CT molecular complexity index is 709. The van der Waals surface area contributed by atoms with E-state index in [-0.39, 0.29) is 28.2 Å². The molecule has 122 valence electrons. The monoisotopic (exact) mass is 336 g/mol. The van der Waals surface area contributed by atoms with Crippen LogP contribution in [0.3, 0.4) is 0 Å². The normalized spacial score (nSPS) is 27.3. The van der Waals surface area contributed by atoms with Crippen LogP contribution in [0.25, 0.3) is 0 Å². The van der Waals surface area contributed by atoms with Gasteiger partial charge >= 0.3 is 0 Å². The van der Waals surface area contributed by atoms with Crippen molar-refractivity contribution in [3.63, 3.8) is 0 Å². The van der Waals surface area contributed by atoms with Crippen LogP contribution >= 0.6 is 0 Å². The van der Waals surface area contributed by atoms with Crippen molar-refractivity contribution in [3.05, 3.63) is 23.3 Å². The molecule has 0 spiro atoms. The highest BCUT2D eigenvalue weighted by Crippen LogP contribution is 2.45. The van der Waals surface area contributed by atoms with E-state index in [1.54, 1.807) is 0 Å². The predicted octanol–water partition coefficient (Wildman–Crippen LogP) is 2.19. The highest BCUT2D eigenvalue weighted by Gasteiger charge is 2.47. The van der Waals surface area contributed by atoms with Crippen molar-refractivity contribution < 1.29 is 31.4 Å². The van der Waals surface area contributed by atoms with Crippen molar-refractivity contribution in [3.8, 4) is 5.75 Å². The largest absolute Gasteiger partial charge is 0.490 e. The summed E-state index contributed by atoms with van der Waals surface area (Å²) in [5.74, 6) is -2.58. The Morgan fingerprint density at radius 3 is 2.50 bits per heavy atom. The molecule has 0 aromatic heterocycles. The molecule has 0 unspecified atom stereocenters. The van der Waals surface area contributed by atoms with Crippen LogP contribution in [-0.2, 0) is 16.3 Å². The summed E-state index contributed by atoms with van der Waals surface area (Å²) in [5, 5.41) is 9.89. The standard InChI is InChI=1S/C14H15F3O4S/c1-22(19,20)11-3-2-10(21-7-5-14(16,17)6-7)8-4-9(15)13(18)12(8)11/h2-3,7,9,13,18H,4-6H2,1H3/t9-,13-/m1/s1. The number of sulfone groups is 1. The maximum Gasteiger partial charge on any atom is 0.255 e. The Morgan fingerprint density at radius 2 is 1.95 bits per heavy atom. The first kappa shape index (κ1) is 15.6. The van der Waals surface area contributed by atoms with Crippen LogP contribution in [0.2, 0.25) is 0 Å². The number of aliphatic hydroxyl groups excluding tert-OH is 1. The zero-order valence-corrected chi connectivity index (χ0v) is 12.5. The van der Waals surface area contributed by atoms with Crippen LogP contribution in [-0.4, -0.2) is 38.0 Å². The maximum atomic E-state index is 13.8. The number of fused-ring (bicyclic) bond motifs is 1. The van der Waals surface area contributed by atoms with Gasteiger partial charge in [0.25, 0.3) is 5.92 Å². The Balaban J connectivity index is 1.98. The first-order valence-corrected chi connectivity index (χ1v) is 8.70. The third-order valence-electron chi connectivity index (χ3n) is 4.06. The van der Waals surface area contributed by atoms with Crippen molar-refractivity contribution >= 4 is 9.84 Å². The number of alkyl halides is 3. The van der Waals surface area contributed by atoms with Gasteiger partial charge in [0.05, 0.1) is 4.90 Å². The molecule has 22 heavy (non-hydrogen) atoms. The molecule has 1 N–H and O–H groups in total. The molecule has 0 saturated heterocycles. The summed E-state index contributed by atoms with van der Waals surface area (Å²) in [7, 11) is -3.64. The Morgan fingerprint density at radius 1 is 1.32 bits per heavy atom. The van der Waals surface area contributed by atoms with Crippen molar-refractivity contribution in [2.45, 2.75) is 48.5 Å². The van der Waals surface area contributed by atoms with Gasteiger partial charge in [0.1, 0.15) is 24.1 Å². The van der Waals surface area contributed by atoms with Crippen molar-refractivity contribution in [2.75, 3.05) is 6.26 Å². The summed E-state index contributed by atoms with van der Waals surface area (Å²) in [5.41, 5.74) is 0.233. The lowest BCUT2D eigenvalue weighted by Gasteiger charge is -2.35. The lowest BCUT2D eigenvalue weighted by atomic mass is 9.91. The number of benzene rings is 1. The van der Waals surface area contributed by atoms with Gasteiger partial charge in [-0.15, -0.1) is 0 Å². The fourth-order valence-corrected chi connectivity index (χ4v) is 3.91. The lowest BCUT2D eigenvalue weighted by molar-refractivity contribution is -0.134. The molecule has 1 fully saturated rings. The van der Waals surface area contributed by atoms with E-state index in [4.69, 9.17) is 4.74 Å². The van der Waals surface area contributed by atoms with Crippen molar-refractivity contribution in [1.82, 2.24) is 0 Å². The van der Waals surface area contributed by atoms with Gasteiger partial charge in [-0.1, -0.05) is 0 Å². The average molecular weight is 336 g/mol. The average Bonchev–Trinajstić information content (AvgIpc) is 2.63. The molecule has 0 heterocycles. The van der Waals surface area contributed by atoms with Gasteiger partial charge in [-0.2, -0.15) is 0 Å². The zero-order chi connectivity index (χ0) is 16.3. The van der Waals surface area contributed by atoms with E-state index >= 15 is 0 Å². The third-order valence-corrected chi connectivity index (χ3v) is 5.21. The summed E-state index contributed by atoms with van der Waals surface area (Å²) >= 11 is 0. The van der Waals surface area contributed by atoms with E-state index in [0.717, 1.165) is 6.26 Å². The minimum atomic E-state index is -3.64. The molecule has 2 atom stereocenters. The van der Waals surface area contributed by atoms with E-state index in [2.05, 4.69) is 0 Å². The highest BCUT2D eigenvalue weighted by molar-refractivity contribution is 7.90. The summed E-state index contributed by atoms with van der Waals surface area (Å²) in [4.78, 5) is -0.151. The van der Waals surface area contributed by atoms with Crippen LogP contribution in [0.15, 0.2) is 17.0 Å². The molecule has 0 radical (unpaired) electrons. The fraction of sp³-hybridized carbons (Fsp3) is 0.571. The Kier molecular flexibility index (Phi) is 3.45. The molecule has 0 bridgehead atoms. The molecule has 0 amide bonds. The summed E-state index contributed by atoms with van der Waals surface area (Å²) < 4.78 is 68.4. The van der Waals surface area contributed by atoms with Gasteiger partial charge in [0.2, 0.25) is 0 Å². The minimum absolute atomic E-state index is 0.0152. The maximum absolute atomic E-state index is 13.8. The van der Waals surface area contributed by atoms with Crippen LogP contribution in [0.5, 0.6) is 5.75 Å². The van der Waals surface area contributed by atoms with Crippen LogP contribution in [0.4, 0.5) is 13.2 Å². The molecule has 1 aromatic carbocycles. The van der Waals surface area contributed by atoms with Crippen molar-refractivity contribution in [1.29, 1.82) is 0 Å². The Hall–Kier alpha value is -1.28. The number of halogens is 3. The van der Waals surface area contributed by atoms with E-state index in [9.17, 15) is 26.7 Å².